The van der Waals surface area contributed by atoms with Gasteiger partial charge in [-0.1, -0.05) is 0 Å². The van der Waals surface area contributed by atoms with Crippen LogP contribution in [-0.2, 0) is 6.51 Å². The fraction of sp³-hybridized carbons (Fsp3) is 0.838. The molecule has 1 spiro atoms. The van der Waals surface area contributed by atoms with Gasteiger partial charge >= 0.3 is 243 Å². The molecule has 0 N–H and O–H groups in total. The molecule has 3 aliphatic carbocycles. The normalized spacial score (nSPS) is 67.7. The van der Waals surface area contributed by atoms with Gasteiger partial charge in [-0.05, 0) is 0 Å². The van der Waals surface area contributed by atoms with Gasteiger partial charge in [0, 0.05) is 0 Å². The van der Waals surface area contributed by atoms with Crippen LogP contribution >= 0.6 is 16.5 Å². The zero-order valence-electron chi connectivity index (χ0n) is 25.6. The van der Waals surface area contributed by atoms with E-state index in [4.69, 9.17) is 0 Å². The van der Waals surface area contributed by atoms with Crippen LogP contribution in [0, 0.1) is 0 Å². The molecule has 0 aromatic heterocycles. The summed E-state index contributed by atoms with van der Waals surface area (Å²) in [5.74, 6) is 0. The molecule has 41 heavy (non-hydrogen) atoms. The van der Waals surface area contributed by atoms with E-state index >= 15 is 0 Å². The van der Waals surface area contributed by atoms with Gasteiger partial charge in [0.2, 0.25) is 0 Å². The van der Waals surface area contributed by atoms with Crippen molar-refractivity contribution in [3.63, 3.8) is 0 Å². The molecule has 10 heterocycles. The van der Waals surface area contributed by atoms with Crippen molar-refractivity contribution in [3.05, 3.63) is 29.8 Å². The fourth-order valence-electron chi connectivity index (χ4n) is 24.9. The van der Waals surface area contributed by atoms with Crippen LogP contribution in [-0.4, -0.2) is 40.0 Å². The quantitative estimate of drug-likeness (QED) is 0.204. The summed E-state index contributed by atoms with van der Waals surface area (Å²) >= 11 is 0. The van der Waals surface area contributed by atoms with Gasteiger partial charge in [0.05, 0.1) is 0 Å². The number of benzene rings is 1. The van der Waals surface area contributed by atoms with E-state index < -0.39 is 6.51 Å². The van der Waals surface area contributed by atoms with E-state index in [1.165, 1.54) is 82.0 Å². The molecule has 7 atom stereocenters. The number of rotatable bonds is 8. The van der Waals surface area contributed by atoms with Crippen molar-refractivity contribution in [3.8, 4) is 0 Å². The molecule has 0 bridgehead atoms. The van der Waals surface area contributed by atoms with Crippen molar-refractivity contribution in [2.45, 2.75) is 166 Å². The molecule has 13 aliphatic rings. The Morgan fingerprint density at radius 1 is 0.707 bits per heavy atom. The topological polar surface area (TPSA) is 3.24 Å². The molecule has 224 valence electrons. The maximum atomic E-state index is 2.93. The monoisotopic (exact) mass is 629 g/mol. The zero-order chi connectivity index (χ0) is 26.7. The molecule has 0 radical (unpaired) electrons. The Balaban J connectivity index is 1.01. The molecule has 1 aromatic carbocycles. The Bertz CT molecular complexity index is 1750. The van der Waals surface area contributed by atoms with Crippen LogP contribution in [0.15, 0.2) is 24.3 Å². The van der Waals surface area contributed by atoms with Gasteiger partial charge in [0.1, 0.15) is 0 Å². The first-order chi connectivity index (χ1) is 19.9. The van der Waals surface area contributed by atoms with Gasteiger partial charge in [0.25, 0.3) is 0 Å². The zero-order valence-corrected chi connectivity index (χ0v) is 28.6. The number of hydrogen-bond acceptors (Lipinski definition) is 1. The second-order valence-electron chi connectivity index (χ2n) is 20.2. The van der Waals surface area contributed by atoms with Gasteiger partial charge < -0.3 is 0 Å². The minimum atomic E-state index is -3.66. The van der Waals surface area contributed by atoms with Gasteiger partial charge in [0.15, 0.2) is 0 Å². The Hall–Kier alpha value is 0.559. The molecule has 4 heteroatoms. The second-order valence-corrected chi connectivity index (χ2v) is 48.5. The molecule has 10 aliphatic heterocycles. The van der Waals surface area contributed by atoms with E-state index in [0.29, 0.717) is 0 Å². The molecule has 3 saturated carbocycles. The summed E-state index contributed by atoms with van der Waals surface area (Å²) in [6, 6.07) is 11.1. The summed E-state index contributed by atoms with van der Waals surface area (Å²) in [4.78, 5) is 14.4. The van der Waals surface area contributed by atoms with E-state index in [0.717, 1.165) is 28.6 Å². The third-order valence-corrected chi connectivity index (χ3v) is 76.3. The summed E-state index contributed by atoms with van der Waals surface area (Å²) in [7, 11) is 6.50. The van der Waals surface area contributed by atoms with Crippen molar-refractivity contribution >= 4 is 21.8 Å². The molecule has 13 fully saturated rings. The van der Waals surface area contributed by atoms with Crippen molar-refractivity contribution < 1.29 is 6.51 Å². The first kappa shape index (κ1) is 23.0. The SMILES string of the molecule is CN(C)C(c1ccccc1PC1CCCCC1)[C]12[CH]3[CH]4[CH]5[C]1(P(C1CCCCC1)C1CCCCC1)[Fe]43521678[CH]2[CH]1[CH]6[CH]7[CH]28. The van der Waals surface area contributed by atoms with Gasteiger partial charge in [-0.2, -0.15) is 0 Å². The molecular weight excluding hydrogens is 576 g/mol. The average molecular weight is 630 g/mol. The van der Waals surface area contributed by atoms with Crippen LogP contribution in [0.25, 0.3) is 0 Å². The van der Waals surface area contributed by atoms with E-state index in [1.807, 2.05) is 10.9 Å². The van der Waals surface area contributed by atoms with Crippen LogP contribution in [0.3, 0.4) is 0 Å². The molecule has 14 rings (SSSR count). The van der Waals surface area contributed by atoms with Crippen LogP contribution < -0.4 is 5.30 Å². The van der Waals surface area contributed by atoms with Crippen LogP contribution in [0.5, 0.6) is 0 Å². The Labute approximate surface area is 242 Å². The van der Waals surface area contributed by atoms with Crippen molar-refractivity contribution in [2.24, 2.45) is 0 Å². The molecule has 10 saturated heterocycles. The molecule has 1 aromatic rings. The predicted octanol–water partition coefficient (Wildman–Crippen LogP) is 10.7. The predicted molar refractivity (Wildman–Crippen MR) is 174 cm³/mol. The van der Waals surface area contributed by atoms with Crippen LogP contribution in [0.4, 0.5) is 0 Å². The minimum absolute atomic E-state index is 0.239. The Morgan fingerprint density at radius 3 is 1.76 bits per heavy atom. The first-order valence-electron chi connectivity index (χ1n) is 18.4. The molecule has 1 nitrogen and oxygen atoms in total. The van der Waals surface area contributed by atoms with Gasteiger partial charge in [-0.3, -0.25) is 0 Å². The van der Waals surface area contributed by atoms with Crippen molar-refractivity contribution in [2.75, 3.05) is 14.1 Å². The average Bonchev–Trinajstić information content (AvgIpc) is 3.96. The molecular formula is C37H53FeNP2. The molecule has 0 amide bonds. The summed E-state index contributed by atoms with van der Waals surface area (Å²) in [5, 5.41) is 1.85. The van der Waals surface area contributed by atoms with Crippen LogP contribution in [0.1, 0.15) is 108 Å². The summed E-state index contributed by atoms with van der Waals surface area (Å²) in [5.41, 5.74) is 5.29. The van der Waals surface area contributed by atoms with Crippen molar-refractivity contribution in [1.82, 2.24) is 4.90 Å². The van der Waals surface area contributed by atoms with E-state index in [2.05, 4.69) is 43.3 Å². The van der Waals surface area contributed by atoms with Gasteiger partial charge in [-0.15, -0.1) is 0 Å². The summed E-state index contributed by atoms with van der Waals surface area (Å²) < 4.78 is 1.95. The number of hydrogen-bond donors (Lipinski definition) is 0. The number of fused-ring (bicyclic) bond motifs is 10. The van der Waals surface area contributed by atoms with E-state index in [-0.39, 0.29) is 7.92 Å². The summed E-state index contributed by atoms with van der Waals surface area (Å²) in [6.45, 7) is -3.66. The number of nitrogens with zero attached hydrogens (tertiary/aromatic N) is 1. The summed E-state index contributed by atoms with van der Waals surface area (Å²) in [6.07, 6.45) is 23.6. The van der Waals surface area contributed by atoms with E-state index in [9.17, 15) is 0 Å². The fourth-order valence-corrected chi connectivity index (χ4v) is 120. The Kier molecular flexibility index (Phi) is 2.26. The Morgan fingerprint density at radius 2 is 1.24 bits per heavy atom. The van der Waals surface area contributed by atoms with Crippen molar-refractivity contribution in [1.29, 1.82) is 0 Å². The van der Waals surface area contributed by atoms with Gasteiger partial charge in [-0.25, -0.2) is 0 Å². The third kappa shape index (κ3) is 0.695. The van der Waals surface area contributed by atoms with Crippen LogP contribution in [0.2, 0.25) is 42.8 Å². The molecule has 7 unspecified atom stereocenters. The second kappa shape index (κ2) is 4.03. The standard InChI is InChI=1S/C32H48NP2.C5H5.Fe/c1-33(2)32(28-21-12-13-23-30(28)34-25-15-6-3-7-16-25)29-22-14-24-31(29)35(26-17-8-4-9-18-26)27-19-10-5-11-20-27;1-2-4-5-3-1;/h12-14,21-27,32,34H,3-11,15-20H2,1-2H3;1-5H;. The van der Waals surface area contributed by atoms with E-state index in [1.54, 1.807) is 64.2 Å². The third-order valence-electron chi connectivity index (χ3n) is 23.3. The maximum absolute atomic E-state index is 3.66. The first-order valence-corrected chi connectivity index (χ1v) is 27.2.